The van der Waals surface area contributed by atoms with Gasteiger partial charge in [0.15, 0.2) is 5.96 Å². The number of nitrogens with one attached hydrogen (secondary N) is 2. The molecule has 7 nitrogen and oxygen atoms in total. The fourth-order valence-corrected chi connectivity index (χ4v) is 4.02. The van der Waals surface area contributed by atoms with Gasteiger partial charge in [-0.15, -0.1) is 24.0 Å². The Hall–Kier alpha value is -1.13. The maximum absolute atomic E-state index is 11.7. The minimum absolute atomic E-state index is 0. The predicted molar refractivity (Wildman–Crippen MR) is 135 cm³/mol. The molecule has 1 aliphatic heterocycles. The number of morpholine rings is 1. The Morgan fingerprint density at radius 1 is 1.17 bits per heavy atom. The Labute approximate surface area is 198 Å². The van der Waals surface area contributed by atoms with Crippen molar-refractivity contribution in [1.82, 2.24) is 20.1 Å². The smallest absolute Gasteiger partial charge is 0.250 e. The molecule has 1 saturated heterocycles. The lowest BCUT2D eigenvalue weighted by Crippen LogP contribution is -2.53. The van der Waals surface area contributed by atoms with E-state index in [-0.39, 0.29) is 29.5 Å². The molecule has 0 aromatic carbocycles. The molecule has 1 aromatic rings. The van der Waals surface area contributed by atoms with E-state index < -0.39 is 0 Å². The summed E-state index contributed by atoms with van der Waals surface area (Å²) in [5.41, 5.74) is 0.0634. The van der Waals surface area contributed by atoms with Crippen LogP contribution in [0.5, 0.6) is 0 Å². The van der Waals surface area contributed by atoms with Gasteiger partial charge in [-0.2, -0.15) is 0 Å². The van der Waals surface area contributed by atoms with Crippen LogP contribution in [0, 0.1) is 5.92 Å². The van der Waals surface area contributed by atoms with Gasteiger partial charge >= 0.3 is 0 Å². The van der Waals surface area contributed by atoms with Crippen molar-refractivity contribution >= 4 is 29.9 Å². The molecule has 2 rings (SSSR count). The van der Waals surface area contributed by atoms with Gasteiger partial charge in [0.1, 0.15) is 0 Å². The Bertz CT molecular complexity index is 657. The number of ether oxygens (including phenoxy) is 1. The van der Waals surface area contributed by atoms with Crippen molar-refractivity contribution in [2.75, 3.05) is 46.4 Å². The zero-order chi connectivity index (χ0) is 20.9. The summed E-state index contributed by atoms with van der Waals surface area (Å²) < 4.78 is 7.30. The second kappa shape index (κ2) is 15.6. The molecule has 0 amide bonds. The van der Waals surface area contributed by atoms with Gasteiger partial charge in [0, 0.05) is 58.1 Å². The summed E-state index contributed by atoms with van der Waals surface area (Å²) >= 11 is 0. The number of unbranched alkanes of at least 4 members (excludes halogenated alkanes) is 1. The first-order chi connectivity index (χ1) is 14.2. The van der Waals surface area contributed by atoms with Gasteiger partial charge in [-0.05, 0) is 24.8 Å². The second-order valence-corrected chi connectivity index (χ2v) is 7.61. The van der Waals surface area contributed by atoms with Crippen LogP contribution in [0.15, 0.2) is 34.2 Å². The van der Waals surface area contributed by atoms with Crippen LogP contribution < -0.4 is 16.2 Å². The maximum Gasteiger partial charge on any atom is 0.250 e. The van der Waals surface area contributed by atoms with Crippen LogP contribution in [0.1, 0.15) is 39.5 Å². The summed E-state index contributed by atoms with van der Waals surface area (Å²) in [4.78, 5) is 18.7. The molecular weight excluding hydrogens is 493 g/mol. The van der Waals surface area contributed by atoms with E-state index in [2.05, 4.69) is 34.4 Å². The van der Waals surface area contributed by atoms with Gasteiger partial charge in [-0.25, -0.2) is 0 Å². The fourth-order valence-electron chi connectivity index (χ4n) is 4.02. The summed E-state index contributed by atoms with van der Waals surface area (Å²) in [5, 5.41) is 6.95. The van der Waals surface area contributed by atoms with E-state index in [1.807, 2.05) is 19.3 Å². The summed E-state index contributed by atoms with van der Waals surface area (Å²) in [6.45, 7) is 10.7. The lowest BCUT2D eigenvalue weighted by Gasteiger charge is -2.39. The standard InChI is InChI=1S/C22H39N5O2.HI/c1-4-19(5-2)20(26-14-16-29-17-15-26)18-25-22(23-3)24-11-7-9-13-27-12-8-6-10-21(27)28;/h6,8,10,12,19-20H,4-5,7,9,11,13-18H2,1-3H3,(H2,23,24,25);1H. The fraction of sp³-hybridized carbons (Fsp3) is 0.727. The lowest BCUT2D eigenvalue weighted by atomic mass is 9.92. The van der Waals surface area contributed by atoms with Gasteiger partial charge < -0.3 is 19.9 Å². The first kappa shape index (κ1) is 26.9. The third-order valence-electron chi connectivity index (χ3n) is 5.83. The van der Waals surface area contributed by atoms with E-state index >= 15 is 0 Å². The van der Waals surface area contributed by atoms with Crippen LogP contribution in [0.3, 0.4) is 0 Å². The molecule has 8 heteroatoms. The summed E-state index contributed by atoms with van der Waals surface area (Å²) in [6, 6.07) is 5.78. The molecule has 1 aromatic heterocycles. The molecule has 1 aliphatic rings. The number of hydrogen-bond acceptors (Lipinski definition) is 4. The zero-order valence-corrected chi connectivity index (χ0v) is 21.1. The SMILES string of the molecule is CCC(CC)C(CNC(=NC)NCCCCn1ccccc1=O)N1CCOCC1.I. The number of nitrogens with zero attached hydrogens (tertiary/aromatic N) is 3. The highest BCUT2D eigenvalue weighted by Crippen LogP contribution is 2.19. The highest BCUT2D eigenvalue weighted by molar-refractivity contribution is 14.0. The van der Waals surface area contributed by atoms with E-state index in [0.29, 0.717) is 12.0 Å². The Balaban J connectivity index is 0.00000450. The van der Waals surface area contributed by atoms with Crippen molar-refractivity contribution < 1.29 is 4.74 Å². The molecule has 0 saturated carbocycles. The summed E-state index contributed by atoms with van der Waals surface area (Å²) in [5.74, 6) is 1.52. The molecule has 172 valence electrons. The summed E-state index contributed by atoms with van der Waals surface area (Å²) in [7, 11) is 1.82. The highest BCUT2D eigenvalue weighted by Gasteiger charge is 2.26. The first-order valence-corrected chi connectivity index (χ1v) is 11.1. The number of halogens is 1. The van der Waals surface area contributed by atoms with Crippen molar-refractivity contribution in [3.05, 3.63) is 34.7 Å². The Morgan fingerprint density at radius 2 is 1.90 bits per heavy atom. The average molecular weight is 533 g/mol. The molecule has 2 N–H and O–H groups in total. The van der Waals surface area contributed by atoms with E-state index in [0.717, 1.165) is 64.7 Å². The molecule has 1 unspecified atom stereocenters. The minimum Gasteiger partial charge on any atom is -0.379 e. The highest BCUT2D eigenvalue weighted by atomic mass is 127. The van der Waals surface area contributed by atoms with Crippen LogP contribution in [0.4, 0.5) is 0 Å². The number of aliphatic imine (C=N–C) groups is 1. The molecule has 1 fully saturated rings. The zero-order valence-electron chi connectivity index (χ0n) is 18.8. The number of hydrogen-bond donors (Lipinski definition) is 2. The molecule has 0 spiro atoms. The van der Waals surface area contributed by atoms with Crippen LogP contribution in [0.25, 0.3) is 0 Å². The van der Waals surface area contributed by atoms with Crippen molar-refractivity contribution in [2.45, 2.75) is 52.1 Å². The Morgan fingerprint density at radius 3 is 2.53 bits per heavy atom. The molecule has 0 radical (unpaired) electrons. The van der Waals surface area contributed by atoms with Gasteiger partial charge in [-0.3, -0.25) is 14.7 Å². The molecule has 0 aliphatic carbocycles. The number of pyridine rings is 1. The number of aromatic nitrogens is 1. The molecule has 30 heavy (non-hydrogen) atoms. The minimum atomic E-state index is 0. The summed E-state index contributed by atoms with van der Waals surface area (Å²) in [6.07, 6.45) is 6.16. The monoisotopic (exact) mass is 533 g/mol. The number of rotatable bonds is 11. The molecule has 1 atom stereocenters. The molecular formula is C22H40IN5O2. The van der Waals surface area contributed by atoms with Crippen LogP contribution in [0.2, 0.25) is 0 Å². The molecule has 0 bridgehead atoms. The molecule has 2 heterocycles. The van der Waals surface area contributed by atoms with Crippen LogP contribution >= 0.6 is 24.0 Å². The van der Waals surface area contributed by atoms with E-state index in [9.17, 15) is 4.79 Å². The number of aryl methyl sites for hydroxylation is 1. The topological polar surface area (TPSA) is 70.9 Å². The van der Waals surface area contributed by atoms with Crippen LogP contribution in [-0.2, 0) is 11.3 Å². The third-order valence-corrected chi connectivity index (χ3v) is 5.83. The van der Waals surface area contributed by atoms with Crippen molar-refractivity contribution in [1.29, 1.82) is 0 Å². The van der Waals surface area contributed by atoms with E-state index in [4.69, 9.17) is 4.74 Å². The van der Waals surface area contributed by atoms with Crippen molar-refractivity contribution in [2.24, 2.45) is 10.9 Å². The second-order valence-electron chi connectivity index (χ2n) is 7.61. The normalized spacial score (nSPS) is 16.2. The predicted octanol–water partition coefficient (Wildman–Crippen LogP) is 2.55. The quantitative estimate of drug-likeness (QED) is 0.198. The maximum atomic E-state index is 11.7. The van der Waals surface area contributed by atoms with Gasteiger partial charge in [-0.1, -0.05) is 32.8 Å². The van der Waals surface area contributed by atoms with Gasteiger partial charge in [0.25, 0.3) is 0 Å². The largest absolute Gasteiger partial charge is 0.379 e. The van der Waals surface area contributed by atoms with Gasteiger partial charge in [0.2, 0.25) is 5.56 Å². The van der Waals surface area contributed by atoms with Gasteiger partial charge in [0.05, 0.1) is 13.2 Å². The lowest BCUT2D eigenvalue weighted by molar-refractivity contribution is 0.00272. The van der Waals surface area contributed by atoms with Crippen molar-refractivity contribution in [3.8, 4) is 0 Å². The average Bonchev–Trinajstić information content (AvgIpc) is 2.76. The first-order valence-electron chi connectivity index (χ1n) is 11.1. The van der Waals surface area contributed by atoms with E-state index in [1.54, 1.807) is 16.7 Å². The Kier molecular flexibility index (Phi) is 14.0. The third kappa shape index (κ3) is 8.93. The van der Waals surface area contributed by atoms with Crippen LogP contribution in [-0.4, -0.2) is 67.9 Å². The number of guanidine groups is 1. The van der Waals surface area contributed by atoms with Crippen molar-refractivity contribution in [3.63, 3.8) is 0 Å². The van der Waals surface area contributed by atoms with E-state index in [1.165, 1.54) is 12.8 Å².